The van der Waals surface area contributed by atoms with E-state index in [-0.39, 0.29) is 11.9 Å². The summed E-state index contributed by atoms with van der Waals surface area (Å²) in [7, 11) is 0. The van der Waals surface area contributed by atoms with Crippen molar-refractivity contribution in [3.05, 3.63) is 67.9 Å². The molecule has 0 fully saturated rings. The summed E-state index contributed by atoms with van der Waals surface area (Å²) in [5.41, 5.74) is 4.40. The molecule has 0 spiro atoms. The predicted molar refractivity (Wildman–Crippen MR) is 89.1 cm³/mol. The molecule has 2 aromatic carbocycles. The van der Waals surface area contributed by atoms with E-state index >= 15 is 0 Å². The van der Waals surface area contributed by atoms with Crippen molar-refractivity contribution in [3.8, 4) is 0 Å². The number of nitrogens with two attached hydrogens (primary N) is 1. The first-order valence-corrected chi connectivity index (χ1v) is 7.89. The smallest absolute Gasteiger partial charge is 0.137 e. The maximum Gasteiger partial charge on any atom is 0.137 e. The molecular weight excluding hydrogens is 378 g/mol. The summed E-state index contributed by atoms with van der Waals surface area (Å²) in [5.74, 6) is 5.32. The minimum absolute atomic E-state index is 0.111. The van der Waals surface area contributed by atoms with E-state index in [0.29, 0.717) is 27.4 Å². The van der Waals surface area contributed by atoms with Crippen molar-refractivity contribution in [2.75, 3.05) is 0 Å². The van der Waals surface area contributed by atoms with Gasteiger partial charge in [-0.3, -0.25) is 11.3 Å². The molecule has 0 radical (unpaired) electrons. The third-order valence-corrected chi connectivity index (χ3v) is 4.84. The molecule has 0 saturated carbocycles. The third-order valence-electron chi connectivity index (χ3n) is 3.25. The van der Waals surface area contributed by atoms with Crippen molar-refractivity contribution >= 4 is 39.1 Å². The topological polar surface area (TPSA) is 38.0 Å². The molecule has 0 aliphatic carbocycles. The lowest BCUT2D eigenvalue weighted by atomic mass is 9.99. The van der Waals surface area contributed by atoms with Gasteiger partial charge in [-0.1, -0.05) is 41.4 Å². The van der Waals surface area contributed by atoms with Gasteiger partial charge in [0.2, 0.25) is 0 Å². The summed E-state index contributed by atoms with van der Waals surface area (Å²) in [6, 6.07) is 10.2. The summed E-state index contributed by atoms with van der Waals surface area (Å²) in [6.45, 7) is 0. The summed E-state index contributed by atoms with van der Waals surface area (Å²) < 4.78 is 14.0. The van der Waals surface area contributed by atoms with E-state index < -0.39 is 0 Å². The Morgan fingerprint density at radius 1 is 1.10 bits per heavy atom. The van der Waals surface area contributed by atoms with Crippen molar-refractivity contribution in [3.63, 3.8) is 0 Å². The van der Waals surface area contributed by atoms with E-state index in [0.717, 1.165) is 11.1 Å². The van der Waals surface area contributed by atoms with Gasteiger partial charge < -0.3 is 0 Å². The summed E-state index contributed by atoms with van der Waals surface area (Å²) in [5, 5.41) is 1.20. The minimum Gasteiger partial charge on any atom is -0.271 e. The highest BCUT2D eigenvalue weighted by Gasteiger charge is 2.16. The summed E-state index contributed by atoms with van der Waals surface area (Å²) in [4.78, 5) is 0. The van der Waals surface area contributed by atoms with E-state index in [1.807, 2.05) is 6.07 Å². The molecule has 2 rings (SSSR count). The molecule has 0 bridgehead atoms. The zero-order valence-corrected chi connectivity index (χ0v) is 14.1. The van der Waals surface area contributed by atoms with Crippen molar-refractivity contribution in [1.82, 2.24) is 5.43 Å². The number of hydrogen-bond donors (Lipinski definition) is 2. The van der Waals surface area contributed by atoms with E-state index in [1.54, 1.807) is 24.3 Å². The fraction of sp³-hybridized carbons (Fsp3) is 0.200. The predicted octanol–water partition coefficient (Wildman–Crippen LogP) is 4.51. The second-order valence-corrected chi connectivity index (χ2v) is 6.29. The summed E-state index contributed by atoms with van der Waals surface area (Å²) >= 11 is 15.6. The molecule has 21 heavy (non-hydrogen) atoms. The standard InChI is InChI=1S/C15H14BrCl2FN2/c16-15-9(3-1-6-14(15)19)7-10(21-20)8-11-12(17)4-2-5-13(11)18/h1-6,10,21H,7-8,20H2. The van der Waals surface area contributed by atoms with Crippen molar-refractivity contribution in [2.45, 2.75) is 18.9 Å². The van der Waals surface area contributed by atoms with Crippen LogP contribution in [0.25, 0.3) is 0 Å². The Labute approximate surface area is 141 Å². The van der Waals surface area contributed by atoms with Gasteiger partial charge in [0.15, 0.2) is 0 Å². The Morgan fingerprint density at radius 3 is 2.33 bits per heavy atom. The second kappa shape index (κ2) is 7.56. The molecule has 6 heteroatoms. The van der Waals surface area contributed by atoms with E-state index in [9.17, 15) is 4.39 Å². The van der Waals surface area contributed by atoms with Crippen LogP contribution in [0.2, 0.25) is 10.0 Å². The number of nitrogens with one attached hydrogen (secondary N) is 1. The van der Waals surface area contributed by atoms with Gasteiger partial charge in [-0.25, -0.2) is 4.39 Å². The largest absolute Gasteiger partial charge is 0.271 e. The molecular formula is C15H14BrCl2FN2. The highest BCUT2D eigenvalue weighted by molar-refractivity contribution is 9.10. The first-order chi connectivity index (χ1) is 10.0. The lowest BCUT2D eigenvalue weighted by Gasteiger charge is -2.18. The van der Waals surface area contributed by atoms with Crippen molar-refractivity contribution < 1.29 is 4.39 Å². The highest BCUT2D eigenvalue weighted by atomic mass is 79.9. The van der Waals surface area contributed by atoms with E-state index in [2.05, 4.69) is 21.4 Å². The number of hydrazine groups is 1. The fourth-order valence-corrected chi connectivity index (χ4v) is 3.11. The van der Waals surface area contributed by atoms with Gasteiger partial charge in [-0.05, 0) is 58.1 Å². The molecule has 0 heterocycles. The van der Waals surface area contributed by atoms with E-state index in [1.165, 1.54) is 6.07 Å². The van der Waals surface area contributed by atoms with Crippen LogP contribution in [-0.4, -0.2) is 6.04 Å². The van der Waals surface area contributed by atoms with Crippen LogP contribution >= 0.6 is 39.1 Å². The lowest BCUT2D eigenvalue weighted by molar-refractivity contribution is 0.519. The second-order valence-electron chi connectivity index (χ2n) is 4.68. The number of hydrogen-bond acceptors (Lipinski definition) is 2. The molecule has 0 amide bonds. The zero-order chi connectivity index (χ0) is 15.4. The van der Waals surface area contributed by atoms with Crippen molar-refractivity contribution in [2.24, 2.45) is 5.84 Å². The monoisotopic (exact) mass is 390 g/mol. The lowest BCUT2D eigenvalue weighted by Crippen LogP contribution is -2.38. The molecule has 1 unspecified atom stereocenters. The quantitative estimate of drug-likeness (QED) is 0.581. The molecule has 1 atom stereocenters. The van der Waals surface area contributed by atoms with Crippen LogP contribution in [0.5, 0.6) is 0 Å². The first-order valence-electron chi connectivity index (χ1n) is 6.34. The number of rotatable bonds is 5. The Morgan fingerprint density at radius 2 is 1.71 bits per heavy atom. The molecule has 3 N–H and O–H groups in total. The van der Waals surface area contributed by atoms with Gasteiger partial charge in [0.1, 0.15) is 5.82 Å². The molecule has 2 nitrogen and oxygen atoms in total. The highest BCUT2D eigenvalue weighted by Crippen LogP contribution is 2.27. The molecule has 0 saturated heterocycles. The van der Waals surface area contributed by atoms with Gasteiger partial charge in [0.05, 0.1) is 4.47 Å². The Bertz CT molecular complexity index is 617. The minimum atomic E-state index is -0.293. The van der Waals surface area contributed by atoms with Gasteiger partial charge in [-0.15, -0.1) is 0 Å². The Hall–Kier alpha value is -0.650. The SMILES string of the molecule is NNC(Cc1cccc(F)c1Br)Cc1c(Cl)cccc1Cl. The van der Waals surface area contributed by atoms with Crippen molar-refractivity contribution in [1.29, 1.82) is 0 Å². The first kappa shape index (κ1) is 16.7. The molecule has 2 aromatic rings. The Balaban J connectivity index is 2.19. The number of benzene rings is 2. The van der Waals surface area contributed by atoms with Gasteiger partial charge >= 0.3 is 0 Å². The van der Waals surface area contributed by atoms with Crippen LogP contribution in [0.4, 0.5) is 4.39 Å². The average Bonchev–Trinajstić information content (AvgIpc) is 2.46. The van der Waals surface area contributed by atoms with E-state index in [4.69, 9.17) is 29.0 Å². The molecule has 0 aliphatic heterocycles. The normalized spacial score (nSPS) is 12.4. The average molecular weight is 392 g/mol. The third kappa shape index (κ3) is 4.18. The Kier molecular flexibility index (Phi) is 6.02. The molecule has 0 aromatic heterocycles. The fourth-order valence-electron chi connectivity index (χ4n) is 2.14. The molecule has 0 aliphatic rings. The zero-order valence-electron chi connectivity index (χ0n) is 11.0. The maximum absolute atomic E-state index is 13.5. The maximum atomic E-state index is 13.5. The van der Waals surface area contributed by atoms with Crippen LogP contribution in [0.1, 0.15) is 11.1 Å². The van der Waals surface area contributed by atoms with Crippen LogP contribution < -0.4 is 11.3 Å². The van der Waals surface area contributed by atoms with Crippen LogP contribution in [0, 0.1) is 5.82 Å². The van der Waals surface area contributed by atoms with Gasteiger partial charge in [-0.2, -0.15) is 0 Å². The van der Waals surface area contributed by atoms with Gasteiger partial charge in [0.25, 0.3) is 0 Å². The molecule has 112 valence electrons. The van der Waals surface area contributed by atoms with Crippen LogP contribution in [-0.2, 0) is 12.8 Å². The van der Waals surface area contributed by atoms with Crippen LogP contribution in [0.15, 0.2) is 40.9 Å². The van der Waals surface area contributed by atoms with Crippen LogP contribution in [0.3, 0.4) is 0 Å². The summed E-state index contributed by atoms with van der Waals surface area (Å²) in [6.07, 6.45) is 1.11. The van der Waals surface area contributed by atoms with Gasteiger partial charge in [0, 0.05) is 16.1 Å². The number of halogens is 4.